The normalized spacial score (nSPS) is 10.7. The first-order valence-corrected chi connectivity index (χ1v) is 6.46. The molecular formula is C15H19N3O2. The van der Waals surface area contributed by atoms with Gasteiger partial charge in [-0.2, -0.15) is 9.97 Å². The van der Waals surface area contributed by atoms with Crippen LogP contribution in [0.3, 0.4) is 0 Å². The van der Waals surface area contributed by atoms with E-state index in [9.17, 15) is 0 Å². The topological polar surface area (TPSA) is 70.3 Å². The molecular weight excluding hydrogens is 254 g/mol. The number of nitrogens with zero attached hydrogens (tertiary/aromatic N) is 2. The Kier molecular flexibility index (Phi) is 4.08. The van der Waals surface area contributed by atoms with Crippen LogP contribution >= 0.6 is 0 Å². The Morgan fingerprint density at radius 3 is 2.40 bits per heavy atom. The molecule has 0 saturated carbocycles. The molecule has 5 heteroatoms. The number of anilines is 1. The van der Waals surface area contributed by atoms with Crippen molar-refractivity contribution in [3.63, 3.8) is 0 Å². The fourth-order valence-corrected chi connectivity index (χ4v) is 1.84. The minimum Gasteiger partial charge on any atom is -0.481 e. The molecule has 0 spiro atoms. The minimum atomic E-state index is 0.121. The van der Waals surface area contributed by atoms with Crippen molar-refractivity contribution in [3.8, 4) is 17.5 Å². The van der Waals surface area contributed by atoms with Gasteiger partial charge in [-0.05, 0) is 30.0 Å². The molecule has 2 rings (SSSR count). The maximum atomic E-state index is 5.76. The van der Waals surface area contributed by atoms with Crippen molar-refractivity contribution < 1.29 is 9.47 Å². The van der Waals surface area contributed by atoms with Crippen LogP contribution in [0, 0.1) is 6.92 Å². The molecule has 1 aromatic carbocycles. The first-order chi connectivity index (χ1) is 9.49. The summed E-state index contributed by atoms with van der Waals surface area (Å²) in [6, 6.07) is 7.71. The molecule has 0 bridgehead atoms. The molecule has 0 aliphatic rings. The first-order valence-electron chi connectivity index (χ1n) is 6.46. The maximum absolute atomic E-state index is 5.76. The van der Waals surface area contributed by atoms with Gasteiger partial charge in [-0.15, -0.1) is 0 Å². The van der Waals surface area contributed by atoms with E-state index in [1.54, 1.807) is 6.07 Å². The molecule has 0 unspecified atom stereocenters. The lowest BCUT2D eigenvalue weighted by Crippen LogP contribution is -2.00. The average molecular weight is 273 g/mol. The van der Waals surface area contributed by atoms with Crippen LogP contribution in [0.1, 0.15) is 30.9 Å². The summed E-state index contributed by atoms with van der Waals surface area (Å²) in [7, 11) is 1.52. The Morgan fingerprint density at radius 2 is 1.80 bits per heavy atom. The summed E-state index contributed by atoms with van der Waals surface area (Å²) in [5, 5.41) is 0. The van der Waals surface area contributed by atoms with Gasteiger partial charge in [-0.25, -0.2) is 0 Å². The number of methoxy groups -OCH3 is 1. The summed E-state index contributed by atoms with van der Waals surface area (Å²) in [6.45, 7) is 6.32. The highest BCUT2D eigenvalue weighted by molar-refractivity contribution is 5.40. The van der Waals surface area contributed by atoms with E-state index in [1.807, 2.05) is 13.0 Å². The molecule has 2 N–H and O–H groups in total. The summed E-state index contributed by atoms with van der Waals surface area (Å²) in [5.74, 6) is 2.10. The molecule has 106 valence electrons. The Balaban J connectivity index is 2.28. The van der Waals surface area contributed by atoms with Crippen molar-refractivity contribution in [1.82, 2.24) is 9.97 Å². The van der Waals surface area contributed by atoms with Gasteiger partial charge in [-0.1, -0.05) is 26.0 Å². The van der Waals surface area contributed by atoms with Gasteiger partial charge in [0.15, 0.2) is 0 Å². The van der Waals surface area contributed by atoms with Crippen LogP contribution in [0.15, 0.2) is 24.3 Å². The third-order valence-corrected chi connectivity index (χ3v) is 2.99. The van der Waals surface area contributed by atoms with E-state index in [2.05, 4.69) is 35.9 Å². The molecule has 1 heterocycles. The van der Waals surface area contributed by atoms with Gasteiger partial charge in [0.1, 0.15) is 5.75 Å². The summed E-state index contributed by atoms with van der Waals surface area (Å²) < 4.78 is 10.8. The van der Waals surface area contributed by atoms with Gasteiger partial charge in [0.25, 0.3) is 0 Å². The van der Waals surface area contributed by atoms with Gasteiger partial charge in [-0.3, -0.25) is 0 Å². The van der Waals surface area contributed by atoms with E-state index in [0.29, 0.717) is 17.7 Å². The molecule has 5 nitrogen and oxygen atoms in total. The quantitative estimate of drug-likeness (QED) is 0.925. The molecule has 0 aliphatic carbocycles. The molecule has 0 radical (unpaired) electrons. The summed E-state index contributed by atoms with van der Waals surface area (Å²) in [5.41, 5.74) is 7.93. The lowest BCUT2D eigenvalue weighted by molar-refractivity contribution is 0.389. The number of benzene rings is 1. The van der Waals surface area contributed by atoms with Gasteiger partial charge in [0.2, 0.25) is 17.7 Å². The SMILES string of the molecule is COc1cc(Oc2ccc(C(C)C)cc2C)nc(N)n1. The molecule has 0 amide bonds. The number of aromatic nitrogens is 2. The highest BCUT2D eigenvalue weighted by Crippen LogP contribution is 2.28. The maximum Gasteiger partial charge on any atom is 0.227 e. The third-order valence-electron chi connectivity index (χ3n) is 2.99. The number of nitrogens with two attached hydrogens (primary N) is 1. The Bertz CT molecular complexity index is 612. The number of ether oxygens (including phenoxy) is 2. The molecule has 20 heavy (non-hydrogen) atoms. The third kappa shape index (κ3) is 3.17. The number of hydrogen-bond acceptors (Lipinski definition) is 5. The molecule has 0 aliphatic heterocycles. The smallest absolute Gasteiger partial charge is 0.227 e. The van der Waals surface area contributed by atoms with Gasteiger partial charge >= 0.3 is 0 Å². The second kappa shape index (κ2) is 5.77. The lowest BCUT2D eigenvalue weighted by Gasteiger charge is -2.12. The van der Waals surface area contributed by atoms with Crippen LogP contribution in [0.25, 0.3) is 0 Å². The number of aryl methyl sites for hydroxylation is 1. The highest BCUT2D eigenvalue weighted by Gasteiger charge is 2.08. The standard InChI is InChI=1S/C15H19N3O2/c1-9(2)11-5-6-12(10(3)7-11)20-14-8-13(19-4)17-15(16)18-14/h5-9H,1-4H3,(H2,16,17,18). The molecule has 2 aromatic rings. The Morgan fingerprint density at radius 1 is 1.10 bits per heavy atom. The van der Waals surface area contributed by atoms with E-state index in [1.165, 1.54) is 12.7 Å². The zero-order valence-corrected chi connectivity index (χ0v) is 12.2. The highest BCUT2D eigenvalue weighted by atomic mass is 16.5. The minimum absolute atomic E-state index is 0.121. The van der Waals surface area contributed by atoms with Crippen LogP contribution in [0.5, 0.6) is 17.5 Å². The Labute approximate surface area is 118 Å². The zero-order chi connectivity index (χ0) is 14.7. The first kappa shape index (κ1) is 14.1. The number of nitrogen functional groups attached to an aromatic ring is 1. The molecule has 0 fully saturated rings. The predicted molar refractivity (Wildman–Crippen MR) is 78.3 cm³/mol. The number of hydrogen-bond donors (Lipinski definition) is 1. The summed E-state index contributed by atoms with van der Waals surface area (Å²) >= 11 is 0. The zero-order valence-electron chi connectivity index (χ0n) is 12.2. The van der Waals surface area contributed by atoms with Gasteiger partial charge in [0, 0.05) is 0 Å². The van der Waals surface area contributed by atoms with Crippen molar-refractivity contribution in [2.45, 2.75) is 26.7 Å². The summed E-state index contributed by atoms with van der Waals surface area (Å²) in [6.07, 6.45) is 0. The number of rotatable bonds is 4. The van der Waals surface area contributed by atoms with Gasteiger partial charge < -0.3 is 15.2 Å². The largest absolute Gasteiger partial charge is 0.481 e. The molecule has 1 aromatic heterocycles. The fourth-order valence-electron chi connectivity index (χ4n) is 1.84. The van der Waals surface area contributed by atoms with Gasteiger partial charge in [0.05, 0.1) is 13.2 Å². The van der Waals surface area contributed by atoms with Crippen LogP contribution in [0.4, 0.5) is 5.95 Å². The van der Waals surface area contributed by atoms with Crippen molar-refractivity contribution in [2.75, 3.05) is 12.8 Å². The van der Waals surface area contributed by atoms with Crippen LogP contribution in [-0.4, -0.2) is 17.1 Å². The van der Waals surface area contributed by atoms with Crippen LogP contribution in [0.2, 0.25) is 0 Å². The van der Waals surface area contributed by atoms with E-state index in [0.717, 1.165) is 11.3 Å². The fraction of sp³-hybridized carbons (Fsp3) is 0.333. The van der Waals surface area contributed by atoms with Crippen molar-refractivity contribution >= 4 is 5.95 Å². The van der Waals surface area contributed by atoms with E-state index in [-0.39, 0.29) is 5.95 Å². The second-order valence-corrected chi connectivity index (χ2v) is 4.89. The predicted octanol–water partition coefficient (Wildman–Crippen LogP) is 3.29. The van der Waals surface area contributed by atoms with Crippen molar-refractivity contribution in [2.24, 2.45) is 0 Å². The Hall–Kier alpha value is -2.30. The van der Waals surface area contributed by atoms with Crippen LogP contribution in [-0.2, 0) is 0 Å². The van der Waals surface area contributed by atoms with Crippen LogP contribution < -0.4 is 15.2 Å². The second-order valence-electron chi connectivity index (χ2n) is 4.89. The van der Waals surface area contributed by atoms with Crippen molar-refractivity contribution in [3.05, 3.63) is 35.4 Å². The molecule has 0 atom stereocenters. The van der Waals surface area contributed by atoms with Crippen molar-refractivity contribution in [1.29, 1.82) is 0 Å². The average Bonchev–Trinajstić information content (AvgIpc) is 2.40. The van der Waals surface area contributed by atoms with E-state index >= 15 is 0 Å². The van der Waals surface area contributed by atoms with E-state index in [4.69, 9.17) is 15.2 Å². The molecule has 0 saturated heterocycles. The summed E-state index contributed by atoms with van der Waals surface area (Å²) in [4.78, 5) is 7.96. The van der Waals surface area contributed by atoms with E-state index < -0.39 is 0 Å². The monoisotopic (exact) mass is 273 g/mol. The lowest BCUT2D eigenvalue weighted by atomic mass is 10.0.